The summed E-state index contributed by atoms with van der Waals surface area (Å²) in [6, 6.07) is 0. The Morgan fingerprint density at radius 3 is 2.20 bits per heavy atom. The third kappa shape index (κ3) is 5.27. The van der Waals surface area contributed by atoms with Gasteiger partial charge in [-0.1, -0.05) is 25.9 Å². The van der Waals surface area contributed by atoms with E-state index in [1.807, 2.05) is 27.7 Å². The van der Waals surface area contributed by atoms with Gasteiger partial charge in [0.25, 0.3) is 0 Å². The van der Waals surface area contributed by atoms with Crippen molar-refractivity contribution in [3.05, 3.63) is 11.7 Å². The Morgan fingerprint density at radius 2 is 2.00 bits per heavy atom. The number of carbonyl (C=O) groups is 1. The molecule has 0 unspecified atom stereocenters. The van der Waals surface area contributed by atoms with Gasteiger partial charge >= 0.3 is 0 Å². The van der Waals surface area contributed by atoms with E-state index < -0.39 is 0 Å². The number of hydrogen-bond acceptors (Lipinski definition) is 5. The van der Waals surface area contributed by atoms with E-state index in [1.54, 1.807) is 7.11 Å². The minimum atomic E-state index is -0.186. The van der Waals surface area contributed by atoms with E-state index in [9.17, 15) is 4.79 Å². The third-order valence-corrected chi connectivity index (χ3v) is 1.48. The molecule has 0 aromatic carbocycles. The number of methoxy groups -OCH3 is 1. The summed E-state index contributed by atoms with van der Waals surface area (Å²) in [4.78, 5) is 14.0. The van der Waals surface area contributed by atoms with Gasteiger partial charge in [-0.05, 0) is 6.92 Å². The van der Waals surface area contributed by atoms with Crippen LogP contribution in [-0.2, 0) is 10.2 Å². The molecule has 0 saturated carbocycles. The van der Waals surface area contributed by atoms with Gasteiger partial charge in [-0.25, -0.2) is 0 Å². The van der Waals surface area contributed by atoms with Gasteiger partial charge in [0.1, 0.15) is 0 Å². The first-order valence-corrected chi connectivity index (χ1v) is 4.74. The van der Waals surface area contributed by atoms with Gasteiger partial charge in [0, 0.05) is 19.1 Å². The molecule has 1 aromatic rings. The summed E-state index contributed by atoms with van der Waals surface area (Å²) >= 11 is 0. The summed E-state index contributed by atoms with van der Waals surface area (Å²) in [6.07, 6.45) is 0.568. The molecule has 0 saturated heterocycles. The molecule has 0 spiro atoms. The fourth-order valence-corrected chi connectivity index (χ4v) is 0.587. The van der Waals surface area contributed by atoms with Crippen LogP contribution in [-0.4, -0.2) is 30.1 Å². The number of carbonyl (C=O) groups excluding carboxylic acids is 1. The summed E-state index contributed by atoms with van der Waals surface area (Å²) in [5, 5.41) is 3.45. The van der Waals surface area contributed by atoms with Gasteiger partial charge in [0.05, 0.1) is 0 Å². The molecular weight excluding hydrogens is 196 g/mol. The lowest BCUT2D eigenvalue weighted by Gasteiger charge is -2.10. The number of rotatable bonds is 2. The largest absolute Gasteiger partial charge is 0.385 e. The number of nitrogens with zero attached hydrogens (tertiary/aromatic N) is 2. The summed E-state index contributed by atoms with van der Waals surface area (Å²) < 4.78 is 9.37. The summed E-state index contributed by atoms with van der Waals surface area (Å²) in [5.41, 5.74) is -0.186. The second kappa shape index (κ2) is 6.29. The molecule has 1 rings (SSSR count). The van der Waals surface area contributed by atoms with E-state index in [2.05, 4.69) is 14.9 Å². The molecule has 0 atom stereocenters. The quantitative estimate of drug-likeness (QED) is 0.703. The van der Waals surface area contributed by atoms with Gasteiger partial charge in [-0.15, -0.1) is 0 Å². The first-order valence-electron chi connectivity index (χ1n) is 4.74. The molecule has 1 aromatic heterocycles. The Morgan fingerprint density at radius 1 is 1.47 bits per heavy atom. The Hall–Kier alpha value is -1.23. The van der Waals surface area contributed by atoms with Crippen molar-refractivity contribution < 1.29 is 14.1 Å². The van der Waals surface area contributed by atoms with Gasteiger partial charge < -0.3 is 9.26 Å². The maximum absolute atomic E-state index is 10.2. The zero-order valence-corrected chi connectivity index (χ0v) is 9.90. The third-order valence-electron chi connectivity index (χ3n) is 1.48. The number of aldehydes is 1. The van der Waals surface area contributed by atoms with Crippen molar-refractivity contribution >= 4 is 6.29 Å². The lowest BCUT2D eigenvalue weighted by molar-refractivity contribution is 0.111. The highest BCUT2D eigenvalue weighted by Gasteiger charge is 2.21. The Balaban J connectivity index is 0.000000423. The van der Waals surface area contributed by atoms with Crippen molar-refractivity contribution in [3.8, 4) is 0 Å². The van der Waals surface area contributed by atoms with E-state index in [0.29, 0.717) is 12.2 Å². The molecule has 15 heavy (non-hydrogen) atoms. The van der Waals surface area contributed by atoms with Crippen molar-refractivity contribution in [1.29, 1.82) is 0 Å². The minimum absolute atomic E-state index is 0.106. The number of ether oxygens (including phenoxy) is 1. The normalized spacial score (nSPS) is 10.5. The molecule has 0 fully saturated rings. The predicted octanol–water partition coefficient (Wildman–Crippen LogP) is 1.83. The average molecular weight is 214 g/mol. The standard InChI is InChI=1S/C7H10N2O2.C3H8O/c1-7(2,3)6-8-5(4-10)9-11-6;1-3-4-2/h4H,1-3H3;3H2,1-2H3. The van der Waals surface area contributed by atoms with Crippen molar-refractivity contribution in [2.24, 2.45) is 0 Å². The Kier molecular flexibility index (Phi) is 5.77. The van der Waals surface area contributed by atoms with Gasteiger partial charge in [-0.3, -0.25) is 4.79 Å². The molecule has 0 N–H and O–H groups in total. The molecule has 0 aliphatic carbocycles. The predicted molar refractivity (Wildman–Crippen MR) is 55.9 cm³/mol. The summed E-state index contributed by atoms with van der Waals surface area (Å²) in [7, 11) is 1.68. The van der Waals surface area contributed by atoms with Gasteiger partial charge in [0.15, 0.2) is 6.29 Å². The number of hydrogen-bond donors (Lipinski definition) is 0. The molecule has 0 aliphatic rings. The maximum atomic E-state index is 10.2. The highest BCUT2D eigenvalue weighted by molar-refractivity contribution is 5.68. The van der Waals surface area contributed by atoms with Crippen LogP contribution in [0.4, 0.5) is 0 Å². The average Bonchev–Trinajstić information content (AvgIpc) is 2.66. The molecule has 0 amide bonds. The van der Waals surface area contributed by atoms with E-state index in [-0.39, 0.29) is 11.2 Å². The van der Waals surface area contributed by atoms with E-state index in [1.165, 1.54) is 0 Å². The zero-order valence-electron chi connectivity index (χ0n) is 9.90. The molecule has 86 valence electrons. The van der Waals surface area contributed by atoms with E-state index >= 15 is 0 Å². The van der Waals surface area contributed by atoms with Crippen LogP contribution in [0.2, 0.25) is 0 Å². The minimum Gasteiger partial charge on any atom is -0.385 e. The SMILES string of the molecule is CC(C)(C)c1nc(C=O)no1.CCOC. The molecule has 0 bridgehead atoms. The topological polar surface area (TPSA) is 65.2 Å². The highest BCUT2D eigenvalue weighted by atomic mass is 16.5. The Labute approximate surface area is 89.8 Å². The van der Waals surface area contributed by atoms with E-state index in [0.717, 1.165) is 6.61 Å². The van der Waals surface area contributed by atoms with Crippen LogP contribution in [0.15, 0.2) is 4.52 Å². The van der Waals surface area contributed by atoms with Crippen molar-refractivity contribution in [2.75, 3.05) is 13.7 Å². The van der Waals surface area contributed by atoms with Crippen LogP contribution in [0.5, 0.6) is 0 Å². The summed E-state index contributed by atoms with van der Waals surface area (Å²) in [5.74, 6) is 0.592. The van der Waals surface area contributed by atoms with Crippen LogP contribution in [0.1, 0.15) is 44.2 Å². The van der Waals surface area contributed by atoms with Crippen LogP contribution >= 0.6 is 0 Å². The number of aromatic nitrogens is 2. The molecule has 5 nitrogen and oxygen atoms in total. The smallest absolute Gasteiger partial charge is 0.235 e. The van der Waals surface area contributed by atoms with Crippen LogP contribution < -0.4 is 0 Å². The summed E-state index contributed by atoms with van der Waals surface area (Å²) in [6.45, 7) is 8.60. The van der Waals surface area contributed by atoms with Crippen LogP contribution in [0.3, 0.4) is 0 Å². The van der Waals surface area contributed by atoms with Crippen LogP contribution in [0, 0.1) is 0 Å². The Bertz CT molecular complexity index is 287. The van der Waals surface area contributed by atoms with Crippen molar-refractivity contribution in [3.63, 3.8) is 0 Å². The maximum Gasteiger partial charge on any atom is 0.235 e. The fourth-order valence-electron chi connectivity index (χ4n) is 0.587. The first kappa shape index (κ1) is 13.8. The van der Waals surface area contributed by atoms with Crippen LogP contribution in [0.25, 0.3) is 0 Å². The molecule has 5 heteroatoms. The van der Waals surface area contributed by atoms with Gasteiger partial charge in [0.2, 0.25) is 11.7 Å². The second-order valence-electron chi connectivity index (χ2n) is 3.90. The van der Waals surface area contributed by atoms with Gasteiger partial charge in [-0.2, -0.15) is 4.98 Å². The fraction of sp³-hybridized carbons (Fsp3) is 0.700. The lowest BCUT2D eigenvalue weighted by Crippen LogP contribution is -2.11. The van der Waals surface area contributed by atoms with E-state index in [4.69, 9.17) is 4.52 Å². The van der Waals surface area contributed by atoms with Crippen molar-refractivity contribution in [1.82, 2.24) is 10.1 Å². The molecule has 0 radical (unpaired) electrons. The molecule has 0 aliphatic heterocycles. The molecule has 1 heterocycles. The first-order chi connectivity index (χ1) is 6.95. The second-order valence-corrected chi connectivity index (χ2v) is 3.90. The molecular formula is C10H18N2O3. The van der Waals surface area contributed by atoms with Crippen molar-refractivity contribution in [2.45, 2.75) is 33.1 Å². The zero-order chi connectivity index (χ0) is 11.9. The lowest BCUT2D eigenvalue weighted by atomic mass is 9.97. The monoisotopic (exact) mass is 214 g/mol. The highest BCUT2D eigenvalue weighted by Crippen LogP contribution is 2.18.